The van der Waals surface area contributed by atoms with E-state index in [2.05, 4.69) is 5.10 Å². The second-order valence-electron chi connectivity index (χ2n) is 7.27. The van der Waals surface area contributed by atoms with E-state index < -0.39 is 11.8 Å². The van der Waals surface area contributed by atoms with E-state index in [0.717, 1.165) is 31.9 Å². The lowest BCUT2D eigenvalue weighted by molar-refractivity contribution is -0.134. The number of carbonyl (C=O) groups excluding carboxylic acids is 1. The van der Waals surface area contributed by atoms with Crippen molar-refractivity contribution >= 4 is 11.9 Å². The summed E-state index contributed by atoms with van der Waals surface area (Å²) in [6, 6.07) is 4.03. The van der Waals surface area contributed by atoms with Crippen LogP contribution in [0.1, 0.15) is 35.7 Å². The molecule has 1 aliphatic rings. The highest BCUT2D eigenvalue weighted by Gasteiger charge is 2.26. The predicted octanol–water partition coefficient (Wildman–Crippen LogP) is 2.31. The molecule has 9 heteroatoms. The Morgan fingerprint density at radius 3 is 2.57 bits per heavy atom. The molecule has 2 heterocycles. The molecule has 0 saturated carbocycles. The van der Waals surface area contributed by atoms with Gasteiger partial charge in [-0.25, -0.2) is 4.39 Å². The lowest BCUT2D eigenvalue weighted by Crippen LogP contribution is -2.39. The van der Waals surface area contributed by atoms with E-state index in [9.17, 15) is 9.18 Å². The van der Waals surface area contributed by atoms with Gasteiger partial charge in [-0.15, -0.1) is 0 Å². The quantitative estimate of drug-likeness (QED) is 0.742. The SMILES string of the molecule is CC(=O)O.Cc1cnn(CC2CCN(C(=O)c3cc(F)ccc3OCCN)CC2)c1. The van der Waals surface area contributed by atoms with Gasteiger partial charge in [0.05, 0.1) is 11.8 Å². The second kappa shape index (κ2) is 11.3. The van der Waals surface area contributed by atoms with Crippen molar-refractivity contribution in [1.29, 1.82) is 0 Å². The van der Waals surface area contributed by atoms with Crippen LogP contribution < -0.4 is 10.5 Å². The average Bonchev–Trinajstić information content (AvgIpc) is 3.11. The third-order valence-electron chi connectivity index (χ3n) is 4.66. The van der Waals surface area contributed by atoms with E-state index in [1.165, 1.54) is 18.2 Å². The summed E-state index contributed by atoms with van der Waals surface area (Å²) in [7, 11) is 0. The van der Waals surface area contributed by atoms with Gasteiger partial charge in [0.15, 0.2) is 0 Å². The molecule has 3 rings (SSSR count). The number of benzene rings is 1. The second-order valence-corrected chi connectivity index (χ2v) is 7.27. The lowest BCUT2D eigenvalue weighted by Gasteiger charge is -2.32. The van der Waals surface area contributed by atoms with Gasteiger partial charge in [0.2, 0.25) is 0 Å². The molecule has 1 amide bonds. The predicted molar refractivity (Wildman–Crippen MR) is 110 cm³/mol. The first-order valence-corrected chi connectivity index (χ1v) is 9.90. The summed E-state index contributed by atoms with van der Waals surface area (Å²) in [4.78, 5) is 23.6. The number of amides is 1. The number of piperidine rings is 1. The summed E-state index contributed by atoms with van der Waals surface area (Å²) in [5, 5.41) is 11.7. The number of carbonyl (C=O) groups is 2. The standard InChI is InChI=1S/C19H25FN4O2.C2H4O2/c1-14-11-22-24(12-14)13-15-4-7-23(8-5-15)19(25)17-10-16(20)2-3-18(17)26-9-6-21;1-2(3)4/h2-3,10-12,15H,4-9,13,21H2,1H3;1H3,(H,3,4). The van der Waals surface area contributed by atoms with E-state index >= 15 is 0 Å². The Morgan fingerprint density at radius 1 is 1.33 bits per heavy atom. The van der Waals surface area contributed by atoms with Crippen molar-refractivity contribution in [2.45, 2.75) is 33.2 Å². The van der Waals surface area contributed by atoms with Crippen LogP contribution in [0.2, 0.25) is 0 Å². The van der Waals surface area contributed by atoms with Gasteiger partial charge < -0.3 is 20.5 Å². The van der Waals surface area contributed by atoms with Crippen LogP contribution in [0.25, 0.3) is 0 Å². The number of aryl methyl sites for hydroxylation is 1. The molecule has 0 unspecified atom stereocenters. The van der Waals surface area contributed by atoms with Crippen molar-refractivity contribution in [2.24, 2.45) is 11.7 Å². The van der Waals surface area contributed by atoms with Gasteiger partial charge in [0, 0.05) is 39.3 Å². The van der Waals surface area contributed by atoms with E-state index in [1.807, 2.05) is 24.0 Å². The van der Waals surface area contributed by atoms with Gasteiger partial charge in [-0.2, -0.15) is 5.10 Å². The number of carboxylic acids is 1. The molecule has 2 aromatic rings. The van der Waals surface area contributed by atoms with Crippen LogP contribution in [0, 0.1) is 18.7 Å². The molecule has 0 spiro atoms. The first-order valence-electron chi connectivity index (χ1n) is 9.90. The van der Waals surface area contributed by atoms with Crippen molar-refractivity contribution < 1.29 is 23.8 Å². The lowest BCUT2D eigenvalue weighted by atomic mass is 9.96. The molecule has 8 nitrogen and oxygen atoms in total. The number of hydrogen-bond acceptors (Lipinski definition) is 5. The fourth-order valence-corrected chi connectivity index (χ4v) is 3.28. The summed E-state index contributed by atoms with van der Waals surface area (Å²) in [6.07, 6.45) is 5.69. The number of likely N-dealkylation sites (tertiary alicyclic amines) is 1. The highest BCUT2D eigenvalue weighted by Crippen LogP contribution is 2.25. The molecule has 0 bridgehead atoms. The van der Waals surface area contributed by atoms with Crippen LogP contribution in [0.15, 0.2) is 30.6 Å². The zero-order chi connectivity index (χ0) is 22.1. The van der Waals surface area contributed by atoms with Crippen molar-refractivity contribution in [3.8, 4) is 5.75 Å². The number of aliphatic carboxylic acids is 1. The fourth-order valence-electron chi connectivity index (χ4n) is 3.28. The highest BCUT2D eigenvalue weighted by molar-refractivity contribution is 5.97. The maximum absolute atomic E-state index is 13.6. The molecule has 0 aliphatic carbocycles. The highest BCUT2D eigenvalue weighted by atomic mass is 19.1. The van der Waals surface area contributed by atoms with Gasteiger partial charge in [-0.3, -0.25) is 14.3 Å². The van der Waals surface area contributed by atoms with Crippen LogP contribution in [0.4, 0.5) is 4.39 Å². The summed E-state index contributed by atoms with van der Waals surface area (Å²) in [6.45, 7) is 5.89. The third kappa shape index (κ3) is 7.14. The average molecular weight is 420 g/mol. The summed E-state index contributed by atoms with van der Waals surface area (Å²) < 4.78 is 21.1. The van der Waals surface area contributed by atoms with E-state index in [4.69, 9.17) is 20.4 Å². The number of aromatic nitrogens is 2. The van der Waals surface area contributed by atoms with Crippen molar-refractivity contribution in [3.05, 3.63) is 47.5 Å². The van der Waals surface area contributed by atoms with Crippen molar-refractivity contribution in [1.82, 2.24) is 14.7 Å². The molecule has 1 aromatic carbocycles. The zero-order valence-electron chi connectivity index (χ0n) is 17.4. The zero-order valence-corrected chi connectivity index (χ0v) is 17.4. The molecular weight excluding hydrogens is 391 g/mol. The van der Waals surface area contributed by atoms with Gasteiger partial charge in [0.1, 0.15) is 18.2 Å². The first-order chi connectivity index (χ1) is 14.3. The van der Waals surface area contributed by atoms with Crippen LogP contribution in [0.3, 0.4) is 0 Å². The number of rotatable bonds is 6. The molecule has 30 heavy (non-hydrogen) atoms. The van der Waals surface area contributed by atoms with Gasteiger partial charge >= 0.3 is 0 Å². The number of carboxylic acid groups (broad SMARTS) is 1. The fraction of sp³-hybridized carbons (Fsp3) is 0.476. The number of ether oxygens (including phenoxy) is 1. The first kappa shape index (κ1) is 23.3. The number of nitrogens with zero attached hydrogens (tertiary/aromatic N) is 3. The molecule has 0 atom stereocenters. The Kier molecular flexibility index (Phi) is 8.79. The minimum atomic E-state index is -0.833. The minimum absolute atomic E-state index is 0.190. The van der Waals surface area contributed by atoms with Crippen LogP contribution in [0.5, 0.6) is 5.75 Å². The van der Waals surface area contributed by atoms with E-state index in [1.54, 1.807) is 4.90 Å². The Balaban J connectivity index is 0.000000735. The molecular formula is C21H29FN4O4. The molecule has 164 valence electrons. The topological polar surface area (TPSA) is 111 Å². The molecule has 0 radical (unpaired) electrons. The molecule has 3 N–H and O–H groups in total. The molecule has 1 saturated heterocycles. The van der Waals surface area contributed by atoms with Crippen LogP contribution in [-0.4, -0.2) is 57.9 Å². The van der Waals surface area contributed by atoms with Crippen molar-refractivity contribution in [2.75, 3.05) is 26.2 Å². The smallest absolute Gasteiger partial charge is 0.300 e. The summed E-state index contributed by atoms with van der Waals surface area (Å²) >= 11 is 0. The molecule has 1 aliphatic heterocycles. The van der Waals surface area contributed by atoms with Crippen LogP contribution in [-0.2, 0) is 11.3 Å². The number of nitrogens with two attached hydrogens (primary N) is 1. The Bertz CT molecular complexity index is 843. The maximum Gasteiger partial charge on any atom is 0.300 e. The maximum atomic E-state index is 13.6. The minimum Gasteiger partial charge on any atom is -0.491 e. The van der Waals surface area contributed by atoms with Crippen molar-refractivity contribution in [3.63, 3.8) is 0 Å². The number of hydrogen-bond donors (Lipinski definition) is 2. The Labute approximate surface area is 175 Å². The molecule has 1 fully saturated rings. The Morgan fingerprint density at radius 2 is 2.00 bits per heavy atom. The monoisotopic (exact) mass is 420 g/mol. The van der Waals surface area contributed by atoms with E-state index in [-0.39, 0.29) is 18.1 Å². The molecule has 1 aromatic heterocycles. The summed E-state index contributed by atoms with van der Waals surface area (Å²) in [5.74, 6) is -0.600. The third-order valence-corrected chi connectivity index (χ3v) is 4.66. The van der Waals surface area contributed by atoms with Crippen LogP contribution >= 0.6 is 0 Å². The Hall–Kier alpha value is -2.94. The summed E-state index contributed by atoms with van der Waals surface area (Å²) in [5.41, 5.74) is 6.86. The van der Waals surface area contributed by atoms with Gasteiger partial charge in [0.25, 0.3) is 11.9 Å². The largest absolute Gasteiger partial charge is 0.491 e. The normalized spacial score (nSPS) is 14.1. The van der Waals surface area contributed by atoms with Gasteiger partial charge in [-0.1, -0.05) is 0 Å². The number of halogens is 1. The van der Waals surface area contributed by atoms with Gasteiger partial charge in [-0.05, 0) is 49.4 Å². The van der Waals surface area contributed by atoms with E-state index in [0.29, 0.717) is 31.3 Å².